The van der Waals surface area contributed by atoms with Crippen LogP contribution in [0.15, 0.2) is 47.5 Å². The summed E-state index contributed by atoms with van der Waals surface area (Å²) in [6.45, 7) is 3.77. The number of aliphatic imine (C=N–C) groups is 1. The molecule has 6 nitrogen and oxygen atoms in total. The number of nitrogens with two attached hydrogens (primary N) is 1. The van der Waals surface area contributed by atoms with Crippen molar-refractivity contribution in [3.05, 3.63) is 53.1 Å². The van der Waals surface area contributed by atoms with Crippen LogP contribution in [-0.4, -0.2) is 39.4 Å². The summed E-state index contributed by atoms with van der Waals surface area (Å²) in [6.07, 6.45) is 0. The smallest absolute Gasteiger partial charge is 0.193 e. The quantitative estimate of drug-likeness (QED) is 0.621. The molecule has 3 rings (SSSR count). The van der Waals surface area contributed by atoms with E-state index in [1.54, 1.807) is 19.2 Å². The van der Waals surface area contributed by atoms with E-state index in [4.69, 9.17) is 26.8 Å². The van der Waals surface area contributed by atoms with Gasteiger partial charge in [-0.2, -0.15) is 0 Å². The maximum Gasteiger partial charge on any atom is 0.193 e. The normalized spacial score (nSPS) is 15.0. The Kier molecular flexibility index (Phi) is 6.20. The molecular formula is C19H23ClN4O2. The van der Waals surface area contributed by atoms with Gasteiger partial charge in [0, 0.05) is 24.5 Å². The Morgan fingerprint density at radius 2 is 2.04 bits per heavy atom. The van der Waals surface area contributed by atoms with Gasteiger partial charge < -0.3 is 25.4 Å². The van der Waals surface area contributed by atoms with E-state index in [1.165, 1.54) is 5.69 Å². The van der Waals surface area contributed by atoms with E-state index in [2.05, 4.69) is 27.3 Å². The largest absolute Gasteiger partial charge is 0.495 e. The van der Waals surface area contributed by atoms with Gasteiger partial charge >= 0.3 is 0 Å². The fourth-order valence-electron chi connectivity index (χ4n) is 2.86. The third-order valence-corrected chi connectivity index (χ3v) is 4.48. The van der Waals surface area contributed by atoms with Crippen molar-refractivity contribution >= 4 is 28.9 Å². The van der Waals surface area contributed by atoms with Gasteiger partial charge in [-0.25, -0.2) is 4.99 Å². The summed E-state index contributed by atoms with van der Waals surface area (Å²) in [6, 6.07) is 13.6. The van der Waals surface area contributed by atoms with Crippen LogP contribution in [0.1, 0.15) is 5.56 Å². The molecule has 0 unspecified atom stereocenters. The van der Waals surface area contributed by atoms with Crippen LogP contribution >= 0.6 is 11.6 Å². The summed E-state index contributed by atoms with van der Waals surface area (Å²) in [5.74, 6) is 0.954. The zero-order chi connectivity index (χ0) is 18.4. The standard InChI is InChI=1S/C19H23ClN4O2/c1-25-18-7-6-15(12-16(18)20)23-19(21)22-13-14-4-2-3-5-17(14)24-8-10-26-11-9-24/h2-7,12H,8-11,13H2,1H3,(H3,21,22,23). The van der Waals surface area contributed by atoms with Crippen LogP contribution in [0.25, 0.3) is 0 Å². The molecule has 2 aromatic rings. The minimum Gasteiger partial charge on any atom is -0.495 e. The highest BCUT2D eigenvalue weighted by atomic mass is 35.5. The van der Waals surface area contributed by atoms with Gasteiger partial charge in [0.05, 0.1) is 31.9 Å². The summed E-state index contributed by atoms with van der Waals surface area (Å²) in [5, 5.41) is 3.57. The first kappa shape index (κ1) is 18.4. The second-order valence-electron chi connectivity index (χ2n) is 5.90. The first-order valence-corrected chi connectivity index (χ1v) is 8.86. The Hall–Kier alpha value is -2.44. The van der Waals surface area contributed by atoms with Gasteiger partial charge in [-0.15, -0.1) is 0 Å². The number of hydrogen-bond acceptors (Lipinski definition) is 4. The Labute approximate surface area is 158 Å². The van der Waals surface area contributed by atoms with Gasteiger partial charge in [0.2, 0.25) is 0 Å². The number of anilines is 2. The molecule has 2 aromatic carbocycles. The van der Waals surface area contributed by atoms with Gasteiger partial charge in [0.25, 0.3) is 0 Å². The minimum absolute atomic E-state index is 0.336. The first-order chi connectivity index (χ1) is 12.7. The number of guanidine groups is 1. The number of benzene rings is 2. The molecule has 0 bridgehead atoms. The lowest BCUT2D eigenvalue weighted by Crippen LogP contribution is -2.36. The van der Waals surface area contributed by atoms with Crippen molar-refractivity contribution in [1.29, 1.82) is 0 Å². The van der Waals surface area contributed by atoms with E-state index in [0.29, 0.717) is 23.3 Å². The number of halogens is 1. The highest BCUT2D eigenvalue weighted by molar-refractivity contribution is 6.32. The van der Waals surface area contributed by atoms with Crippen molar-refractivity contribution in [3.63, 3.8) is 0 Å². The van der Waals surface area contributed by atoms with Crippen molar-refractivity contribution in [2.24, 2.45) is 10.7 Å². The van der Waals surface area contributed by atoms with E-state index < -0.39 is 0 Å². The van der Waals surface area contributed by atoms with Gasteiger partial charge in [0.1, 0.15) is 5.75 Å². The van der Waals surface area contributed by atoms with E-state index >= 15 is 0 Å². The number of nitrogens with one attached hydrogen (secondary N) is 1. The van der Waals surface area contributed by atoms with Crippen molar-refractivity contribution in [2.45, 2.75) is 6.54 Å². The summed E-state index contributed by atoms with van der Waals surface area (Å²) in [7, 11) is 1.58. The monoisotopic (exact) mass is 374 g/mol. The zero-order valence-electron chi connectivity index (χ0n) is 14.7. The Morgan fingerprint density at radius 1 is 1.27 bits per heavy atom. The Bertz CT molecular complexity index is 776. The fraction of sp³-hybridized carbons (Fsp3) is 0.316. The van der Waals surface area contributed by atoms with Crippen molar-refractivity contribution < 1.29 is 9.47 Å². The number of morpholine rings is 1. The van der Waals surface area contributed by atoms with Gasteiger partial charge in [-0.05, 0) is 29.8 Å². The van der Waals surface area contributed by atoms with Gasteiger partial charge in [-0.1, -0.05) is 29.8 Å². The second kappa shape index (κ2) is 8.78. The zero-order valence-corrected chi connectivity index (χ0v) is 15.5. The van der Waals surface area contributed by atoms with Crippen LogP contribution in [0.4, 0.5) is 11.4 Å². The highest BCUT2D eigenvalue weighted by Gasteiger charge is 2.14. The van der Waals surface area contributed by atoms with Crippen LogP contribution in [0.5, 0.6) is 5.75 Å². The van der Waals surface area contributed by atoms with Crippen molar-refractivity contribution in [2.75, 3.05) is 43.6 Å². The molecular weight excluding hydrogens is 352 g/mol. The number of hydrogen-bond donors (Lipinski definition) is 2. The topological polar surface area (TPSA) is 72.1 Å². The molecule has 0 radical (unpaired) electrons. The van der Waals surface area contributed by atoms with Crippen molar-refractivity contribution in [3.8, 4) is 5.75 Å². The third-order valence-electron chi connectivity index (χ3n) is 4.19. The molecule has 1 saturated heterocycles. The molecule has 0 aliphatic carbocycles. The predicted octanol–water partition coefficient (Wildman–Crippen LogP) is 3.11. The van der Waals surface area contributed by atoms with Crippen LogP contribution < -0.4 is 20.7 Å². The molecule has 1 aliphatic rings. The molecule has 1 aliphatic heterocycles. The summed E-state index contributed by atoms with van der Waals surface area (Å²) < 4.78 is 10.6. The molecule has 3 N–H and O–H groups in total. The number of para-hydroxylation sites is 1. The average molecular weight is 375 g/mol. The molecule has 0 spiro atoms. The highest BCUT2D eigenvalue weighted by Crippen LogP contribution is 2.27. The molecule has 0 amide bonds. The minimum atomic E-state index is 0.336. The van der Waals surface area contributed by atoms with E-state index in [0.717, 1.165) is 37.6 Å². The number of methoxy groups -OCH3 is 1. The summed E-state index contributed by atoms with van der Waals surface area (Å²) in [4.78, 5) is 6.79. The molecule has 0 aromatic heterocycles. The Morgan fingerprint density at radius 3 is 2.77 bits per heavy atom. The predicted molar refractivity (Wildman–Crippen MR) is 106 cm³/mol. The lowest BCUT2D eigenvalue weighted by molar-refractivity contribution is 0.122. The first-order valence-electron chi connectivity index (χ1n) is 8.48. The number of ether oxygens (including phenoxy) is 2. The van der Waals surface area contributed by atoms with Crippen LogP contribution in [-0.2, 0) is 11.3 Å². The molecule has 138 valence electrons. The molecule has 1 fully saturated rings. The third kappa shape index (κ3) is 4.59. The second-order valence-corrected chi connectivity index (χ2v) is 6.31. The number of rotatable bonds is 5. The molecule has 0 atom stereocenters. The van der Waals surface area contributed by atoms with Crippen LogP contribution in [0, 0.1) is 0 Å². The molecule has 26 heavy (non-hydrogen) atoms. The van der Waals surface area contributed by atoms with E-state index in [9.17, 15) is 0 Å². The van der Waals surface area contributed by atoms with E-state index in [-0.39, 0.29) is 0 Å². The Balaban J connectivity index is 1.68. The maximum absolute atomic E-state index is 6.13. The van der Waals surface area contributed by atoms with Crippen molar-refractivity contribution in [1.82, 2.24) is 0 Å². The lowest BCUT2D eigenvalue weighted by Gasteiger charge is -2.30. The van der Waals surface area contributed by atoms with Gasteiger partial charge in [-0.3, -0.25) is 0 Å². The lowest BCUT2D eigenvalue weighted by atomic mass is 10.1. The summed E-state index contributed by atoms with van der Waals surface area (Å²) in [5.41, 5.74) is 9.11. The molecule has 7 heteroatoms. The average Bonchev–Trinajstić information content (AvgIpc) is 2.67. The molecule has 1 heterocycles. The number of nitrogens with zero attached hydrogens (tertiary/aromatic N) is 2. The van der Waals surface area contributed by atoms with Crippen LogP contribution in [0.3, 0.4) is 0 Å². The maximum atomic E-state index is 6.13. The summed E-state index contributed by atoms with van der Waals surface area (Å²) >= 11 is 6.13. The fourth-order valence-corrected chi connectivity index (χ4v) is 3.12. The van der Waals surface area contributed by atoms with Crippen LogP contribution in [0.2, 0.25) is 5.02 Å². The van der Waals surface area contributed by atoms with E-state index in [1.807, 2.05) is 18.2 Å². The SMILES string of the molecule is COc1ccc(NC(N)=NCc2ccccc2N2CCOCC2)cc1Cl. The molecule has 0 saturated carbocycles. The van der Waals surface area contributed by atoms with Gasteiger partial charge in [0.15, 0.2) is 5.96 Å².